The number of methoxy groups -OCH3 is 1. The highest BCUT2D eigenvalue weighted by Gasteiger charge is 2.20. The average Bonchev–Trinajstić information content (AvgIpc) is 3.24. The zero-order valence-electron chi connectivity index (χ0n) is 19.3. The molecule has 2 heterocycles. The van der Waals surface area contributed by atoms with Crippen molar-refractivity contribution in [3.63, 3.8) is 0 Å². The van der Waals surface area contributed by atoms with Gasteiger partial charge in [0.25, 0.3) is 5.56 Å². The fourth-order valence-electron chi connectivity index (χ4n) is 3.93. The van der Waals surface area contributed by atoms with Crippen molar-refractivity contribution in [3.05, 3.63) is 88.2 Å². The number of benzene rings is 3. The molecule has 0 aliphatic carbocycles. The van der Waals surface area contributed by atoms with Gasteiger partial charge in [0.2, 0.25) is 5.91 Å². The predicted molar refractivity (Wildman–Crippen MR) is 136 cm³/mol. The smallest absolute Gasteiger partial charge is 0.283 e. The van der Waals surface area contributed by atoms with Gasteiger partial charge >= 0.3 is 0 Å². The normalized spacial score (nSPS) is 11.2. The molecule has 5 rings (SSSR count). The lowest BCUT2D eigenvalue weighted by Gasteiger charge is -2.15. The average molecular weight is 507 g/mol. The summed E-state index contributed by atoms with van der Waals surface area (Å²) in [5, 5.41) is 3.46. The number of amides is 1. The number of carbonyl (C=O) groups excluding carboxylic acids is 1. The number of nitrogens with one attached hydrogen (secondary N) is 2. The minimum absolute atomic E-state index is 0.139. The van der Waals surface area contributed by atoms with Gasteiger partial charge in [-0.1, -0.05) is 36.0 Å². The van der Waals surface area contributed by atoms with Gasteiger partial charge < -0.3 is 15.0 Å². The van der Waals surface area contributed by atoms with E-state index in [4.69, 9.17) is 9.72 Å². The van der Waals surface area contributed by atoms with Crippen LogP contribution in [0.25, 0.3) is 27.6 Å². The van der Waals surface area contributed by atoms with Crippen LogP contribution in [0.4, 0.5) is 14.5 Å². The van der Waals surface area contributed by atoms with Crippen LogP contribution in [0.1, 0.15) is 5.56 Å². The zero-order valence-corrected chi connectivity index (χ0v) is 20.1. The first kappa shape index (κ1) is 23.6. The second-order valence-electron chi connectivity index (χ2n) is 8.07. The second-order valence-corrected chi connectivity index (χ2v) is 9.01. The van der Waals surface area contributed by atoms with E-state index in [9.17, 15) is 18.4 Å². The molecular formula is C26H20F2N4O3S. The third kappa shape index (κ3) is 4.31. The lowest BCUT2D eigenvalue weighted by molar-refractivity contribution is -0.113. The van der Waals surface area contributed by atoms with Crippen LogP contribution in [0.3, 0.4) is 0 Å². The van der Waals surface area contributed by atoms with Crippen molar-refractivity contribution in [2.75, 3.05) is 18.2 Å². The molecule has 0 saturated carbocycles. The number of para-hydroxylation sites is 1. The first-order valence-electron chi connectivity index (χ1n) is 10.9. The molecule has 0 aliphatic heterocycles. The number of carbonyl (C=O) groups is 1. The van der Waals surface area contributed by atoms with Crippen molar-refractivity contribution in [3.8, 4) is 11.4 Å². The van der Waals surface area contributed by atoms with Gasteiger partial charge in [0.15, 0.2) is 5.16 Å². The second kappa shape index (κ2) is 9.46. The first-order valence-corrected chi connectivity index (χ1v) is 11.9. The Kier molecular flexibility index (Phi) is 6.19. The summed E-state index contributed by atoms with van der Waals surface area (Å²) >= 11 is 1.02. The third-order valence-electron chi connectivity index (χ3n) is 5.61. The Morgan fingerprint density at radius 1 is 1.14 bits per heavy atom. The van der Waals surface area contributed by atoms with Crippen LogP contribution >= 0.6 is 11.8 Å². The monoisotopic (exact) mass is 506 g/mol. The molecule has 0 atom stereocenters. The molecule has 0 saturated heterocycles. The first-order chi connectivity index (χ1) is 17.4. The van der Waals surface area contributed by atoms with Crippen LogP contribution in [0.15, 0.2) is 70.6 Å². The molecule has 1 amide bonds. The molecule has 0 aliphatic rings. The summed E-state index contributed by atoms with van der Waals surface area (Å²) in [5.41, 5.74) is 2.43. The molecule has 0 fully saturated rings. The number of thioether (sulfide) groups is 1. The van der Waals surface area contributed by atoms with E-state index in [-0.39, 0.29) is 22.2 Å². The molecule has 0 bridgehead atoms. The van der Waals surface area contributed by atoms with Crippen molar-refractivity contribution >= 4 is 45.3 Å². The van der Waals surface area contributed by atoms with E-state index in [1.54, 1.807) is 12.1 Å². The van der Waals surface area contributed by atoms with Gasteiger partial charge in [-0.05, 0) is 42.8 Å². The maximum Gasteiger partial charge on any atom is 0.283 e. The fourth-order valence-corrected chi connectivity index (χ4v) is 4.73. The Hall–Kier alpha value is -4.18. The summed E-state index contributed by atoms with van der Waals surface area (Å²) in [5.74, 6) is -1.88. The minimum Gasteiger partial charge on any atom is -0.495 e. The van der Waals surface area contributed by atoms with E-state index < -0.39 is 17.5 Å². The van der Waals surface area contributed by atoms with E-state index >= 15 is 0 Å². The number of fused-ring (bicyclic) bond motifs is 3. The van der Waals surface area contributed by atoms with Gasteiger partial charge in [0, 0.05) is 17.0 Å². The van der Waals surface area contributed by atoms with Gasteiger partial charge in [-0.15, -0.1) is 0 Å². The summed E-state index contributed by atoms with van der Waals surface area (Å²) in [7, 11) is 1.51. The number of H-pyrrole nitrogens is 1. The maximum absolute atomic E-state index is 14.0. The van der Waals surface area contributed by atoms with Crippen LogP contribution in [0.5, 0.6) is 5.75 Å². The minimum atomic E-state index is -0.881. The van der Waals surface area contributed by atoms with Gasteiger partial charge in [0.1, 0.15) is 28.4 Å². The summed E-state index contributed by atoms with van der Waals surface area (Å²) in [4.78, 5) is 34.3. The van der Waals surface area contributed by atoms with E-state index in [0.717, 1.165) is 40.4 Å². The number of halogens is 2. The number of ether oxygens (including phenoxy) is 1. The van der Waals surface area contributed by atoms with Crippen molar-refractivity contribution in [2.45, 2.75) is 12.1 Å². The molecular weight excluding hydrogens is 486 g/mol. The van der Waals surface area contributed by atoms with Crippen molar-refractivity contribution < 1.29 is 18.3 Å². The van der Waals surface area contributed by atoms with E-state index in [0.29, 0.717) is 28.5 Å². The lowest BCUT2D eigenvalue weighted by Crippen LogP contribution is -2.23. The van der Waals surface area contributed by atoms with Gasteiger partial charge in [0.05, 0.1) is 24.2 Å². The van der Waals surface area contributed by atoms with Crippen LogP contribution in [0, 0.1) is 18.6 Å². The van der Waals surface area contributed by atoms with Gasteiger partial charge in [-0.3, -0.25) is 9.59 Å². The SMILES string of the molecule is COc1ccc(C)cc1-n1c(SCC(=O)Nc2ccc(F)cc2F)nc2c([nH]c3ccccc32)c1=O. The van der Waals surface area contributed by atoms with Crippen LogP contribution < -0.4 is 15.6 Å². The van der Waals surface area contributed by atoms with Crippen molar-refractivity contribution in [1.82, 2.24) is 14.5 Å². The molecule has 0 unspecified atom stereocenters. The summed E-state index contributed by atoms with van der Waals surface area (Å²) < 4.78 is 34.1. The van der Waals surface area contributed by atoms with Crippen LogP contribution in [-0.4, -0.2) is 33.3 Å². The number of rotatable bonds is 6. The maximum atomic E-state index is 14.0. The Bertz CT molecular complexity index is 1700. The number of anilines is 1. The van der Waals surface area contributed by atoms with E-state index in [2.05, 4.69) is 10.3 Å². The number of aromatic nitrogens is 3. The predicted octanol–water partition coefficient (Wildman–Crippen LogP) is 5.19. The third-order valence-corrected chi connectivity index (χ3v) is 6.55. The molecule has 0 radical (unpaired) electrons. The zero-order chi connectivity index (χ0) is 25.4. The standard InChI is InChI=1S/C26H20F2N4O3S/c1-14-7-10-21(35-2)20(11-14)32-25(34)24-23(16-5-3-4-6-18(16)30-24)31-26(32)36-13-22(33)29-19-9-8-15(27)12-17(19)28/h3-12,30H,13H2,1-2H3,(H,29,33). The lowest BCUT2D eigenvalue weighted by atomic mass is 10.2. The fraction of sp³-hybridized carbons (Fsp3) is 0.115. The number of hydrogen-bond donors (Lipinski definition) is 2. The quantitative estimate of drug-likeness (QED) is 0.244. The molecule has 7 nitrogen and oxygen atoms in total. The largest absolute Gasteiger partial charge is 0.495 e. The van der Waals surface area contributed by atoms with E-state index in [1.807, 2.05) is 37.3 Å². The molecule has 10 heteroatoms. The number of aromatic amines is 1. The van der Waals surface area contributed by atoms with Gasteiger partial charge in [-0.2, -0.15) is 0 Å². The van der Waals surface area contributed by atoms with Crippen molar-refractivity contribution in [2.24, 2.45) is 0 Å². The molecule has 5 aromatic rings. The Morgan fingerprint density at radius 3 is 2.72 bits per heavy atom. The van der Waals surface area contributed by atoms with Crippen LogP contribution in [-0.2, 0) is 4.79 Å². The molecule has 36 heavy (non-hydrogen) atoms. The van der Waals surface area contributed by atoms with Crippen molar-refractivity contribution in [1.29, 1.82) is 0 Å². The summed E-state index contributed by atoms with van der Waals surface area (Å²) in [6.45, 7) is 1.89. The Labute approximate surface area is 208 Å². The molecule has 0 spiro atoms. The Balaban J connectivity index is 1.60. The molecule has 2 aromatic heterocycles. The Morgan fingerprint density at radius 2 is 1.94 bits per heavy atom. The molecule has 182 valence electrons. The number of aryl methyl sites for hydroxylation is 1. The summed E-state index contributed by atoms with van der Waals surface area (Å²) in [6, 6.07) is 15.7. The highest BCUT2D eigenvalue weighted by atomic mass is 32.2. The number of nitrogens with zero attached hydrogens (tertiary/aromatic N) is 2. The number of hydrogen-bond acceptors (Lipinski definition) is 5. The highest BCUT2D eigenvalue weighted by Crippen LogP contribution is 2.30. The van der Waals surface area contributed by atoms with E-state index in [1.165, 1.54) is 11.7 Å². The molecule has 2 N–H and O–H groups in total. The molecule has 3 aromatic carbocycles. The highest BCUT2D eigenvalue weighted by molar-refractivity contribution is 7.99. The van der Waals surface area contributed by atoms with Gasteiger partial charge in [-0.25, -0.2) is 18.3 Å². The van der Waals surface area contributed by atoms with Crippen LogP contribution in [0.2, 0.25) is 0 Å². The summed E-state index contributed by atoms with van der Waals surface area (Å²) in [6.07, 6.45) is 0. The topological polar surface area (TPSA) is 89.0 Å².